The van der Waals surface area contributed by atoms with Gasteiger partial charge in [0.25, 0.3) is 5.91 Å². The Hall–Kier alpha value is -5.05. The standard InChI is InChI=1S/C30H25N3O6/c1-18-14-25(33(36)37)26(38-2)16-24(18)31-27(34)17-39-30(35)28-21-10-6-7-11-23(21)32-29-20(12-13-22(28)29)15-19-8-4-3-5-9-19/h3-11,14-16H,12-13,17H2,1-2H3,(H,31,34)/b20-15+. The number of carbonyl (C=O) groups is 2. The molecule has 0 bridgehead atoms. The van der Waals surface area contributed by atoms with Gasteiger partial charge in [-0.15, -0.1) is 0 Å². The summed E-state index contributed by atoms with van der Waals surface area (Å²) in [7, 11) is 1.31. The first-order chi connectivity index (χ1) is 18.9. The van der Waals surface area contributed by atoms with Crippen molar-refractivity contribution < 1.29 is 24.0 Å². The van der Waals surface area contributed by atoms with Crippen molar-refractivity contribution in [2.24, 2.45) is 0 Å². The lowest BCUT2D eigenvalue weighted by molar-refractivity contribution is -0.385. The smallest absolute Gasteiger partial charge is 0.339 e. The molecule has 0 saturated heterocycles. The van der Waals surface area contributed by atoms with Gasteiger partial charge in [-0.3, -0.25) is 14.9 Å². The maximum atomic E-state index is 13.4. The molecule has 4 aromatic rings. The van der Waals surface area contributed by atoms with Crippen LogP contribution in [0.1, 0.15) is 39.2 Å². The maximum Gasteiger partial charge on any atom is 0.339 e. The molecule has 0 unspecified atom stereocenters. The Bertz CT molecular complexity index is 1650. The lowest BCUT2D eigenvalue weighted by atomic mass is 10.0. The number of allylic oxidation sites excluding steroid dienone is 1. The third-order valence-electron chi connectivity index (χ3n) is 6.62. The Labute approximate surface area is 224 Å². The molecule has 9 heteroatoms. The molecule has 1 N–H and O–H groups in total. The highest BCUT2D eigenvalue weighted by atomic mass is 16.6. The molecule has 0 atom stereocenters. The number of nitrogens with one attached hydrogen (secondary N) is 1. The summed E-state index contributed by atoms with van der Waals surface area (Å²) in [6, 6.07) is 20.0. The molecular weight excluding hydrogens is 498 g/mol. The third-order valence-corrected chi connectivity index (χ3v) is 6.62. The number of ether oxygens (including phenoxy) is 2. The molecule has 0 radical (unpaired) electrons. The Morgan fingerprint density at radius 3 is 2.56 bits per heavy atom. The van der Waals surface area contributed by atoms with E-state index in [1.165, 1.54) is 19.2 Å². The molecule has 9 nitrogen and oxygen atoms in total. The molecule has 3 aromatic carbocycles. The molecule has 1 aromatic heterocycles. The molecule has 0 aliphatic heterocycles. The number of benzene rings is 3. The largest absolute Gasteiger partial charge is 0.490 e. The van der Waals surface area contributed by atoms with Crippen molar-refractivity contribution in [3.05, 3.63) is 105 Å². The Morgan fingerprint density at radius 1 is 1.08 bits per heavy atom. The molecule has 39 heavy (non-hydrogen) atoms. The summed E-state index contributed by atoms with van der Waals surface area (Å²) in [5, 5.41) is 14.5. The Balaban J connectivity index is 1.39. The number of hydrogen-bond acceptors (Lipinski definition) is 7. The fraction of sp³-hybridized carbons (Fsp3) is 0.167. The number of esters is 1. The number of para-hydroxylation sites is 1. The van der Waals surface area contributed by atoms with E-state index in [1.807, 2.05) is 54.6 Å². The molecule has 1 aliphatic carbocycles. The lowest BCUT2D eigenvalue weighted by Crippen LogP contribution is -2.22. The van der Waals surface area contributed by atoms with Gasteiger partial charge in [0.15, 0.2) is 12.4 Å². The van der Waals surface area contributed by atoms with E-state index in [4.69, 9.17) is 14.5 Å². The topological polar surface area (TPSA) is 121 Å². The Kier molecular flexibility index (Phi) is 7.05. The van der Waals surface area contributed by atoms with Crippen molar-refractivity contribution in [1.82, 2.24) is 4.98 Å². The predicted octanol–water partition coefficient (Wildman–Crippen LogP) is 5.74. The number of rotatable bonds is 7. The van der Waals surface area contributed by atoms with E-state index in [9.17, 15) is 19.7 Å². The van der Waals surface area contributed by atoms with Crippen LogP contribution in [0.3, 0.4) is 0 Å². The van der Waals surface area contributed by atoms with Crippen LogP contribution >= 0.6 is 0 Å². The van der Waals surface area contributed by atoms with E-state index >= 15 is 0 Å². The quantitative estimate of drug-likeness (QED) is 0.186. The van der Waals surface area contributed by atoms with Crippen LogP contribution in [0.25, 0.3) is 22.6 Å². The van der Waals surface area contributed by atoms with Crippen molar-refractivity contribution >= 4 is 45.8 Å². The van der Waals surface area contributed by atoms with Crippen LogP contribution < -0.4 is 10.1 Å². The summed E-state index contributed by atoms with van der Waals surface area (Å²) in [5.74, 6) is -1.18. The summed E-state index contributed by atoms with van der Waals surface area (Å²) < 4.78 is 10.6. The first kappa shape index (κ1) is 25.6. The van der Waals surface area contributed by atoms with Gasteiger partial charge < -0.3 is 14.8 Å². The van der Waals surface area contributed by atoms with Crippen LogP contribution in [-0.2, 0) is 16.0 Å². The number of methoxy groups -OCH3 is 1. The number of nitro benzene ring substituents is 1. The molecule has 196 valence electrons. The van der Waals surface area contributed by atoms with Crippen LogP contribution in [0.2, 0.25) is 0 Å². The van der Waals surface area contributed by atoms with Gasteiger partial charge in [-0.05, 0) is 54.2 Å². The molecule has 0 fully saturated rings. The van der Waals surface area contributed by atoms with Gasteiger partial charge in [-0.1, -0.05) is 48.5 Å². The predicted molar refractivity (Wildman–Crippen MR) is 148 cm³/mol. The fourth-order valence-corrected chi connectivity index (χ4v) is 4.77. The van der Waals surface area contributed by atoms with Gasteiger partial charge in [0.05, 0.1) is 28.8 Å². The fourth-order valence-electron chi connectivity index (χ4n) is 4.77. The van der Waals surface area contributed by atoms with Gasteiger partial charge in [0, 0.05) is 23.2 Å². The van der Waals surface area contributed by atoms with Crippen molar-refractivity contribution in [2.45, 2.75) is 19.8 Å². The monoisotopic (exact) mass is 523 g/mol. The Morgan fingerprint density at radius 2 is 1.82 bits per heavy atom. The molecule has 1 amide bonds. The van der Waals surface area contributed by atoms with Gasteiger partial charge in [0.2, 0.25) is 0 Å². The second-order valence-corrected chi connectivity index (χ2v) is 9.13. The lowest BCUT2D eigenvalue weighted by Gasteiger charge is -2.13. The van der Waals surface area contributed by atoms with Gasteiger partial charge >= 0.3 is 11.7 Å². The first-order valence-corrected chi connectivity index (χ1v) is 12.3. The minimum atomic E-state index is -0.612. The zero-order chi connectivity index (χ0) is 27.5. The van der Waals surface area contributed by atoms with Crippen molar-refractivity contribution in [1.29, 1.82) is 0 Å². The number of fused-ring (bicyclic) bond motifs is 2. The number of aromatic nitrogens is 1. The minimum absolute atomic E-state index is 0.0103. The highest BCUT2D eigenvalue weighted by Crippen LogP contribution is 2.38. The molecular formula is C30H25N3O6. The van der Waals surface area contributed by atoms with E-state index in [-0.39, 0.29) is 11.4 Å². The molecule has 5 rings (SSSR count). The summed E-state index contributed by atoms with van der Waals surface area (Å²) in [4.78, 5) is 41.6. The number of hydrogen-bond donors (Lipinski definition) is 1. The SMILES string of the molecule is COc1cc(NC(=O)COC(=O)c2c3c(nc4ccccc24)/C(=C/c2ccccc2)CC3)c(C)cc1[N+](=O)[O-]. The number of pyridine rings is 1. The number of anilines is 1. The zero-order valence-corrected chi connectivity index (χ0v) is 21.4. The number of nitro groups is 1. The maximum absolute atomic E-state index is 13.4. The van der Waals surface area contributed by atoms with Crippen LogP contribution in [0.4, 0.5) is 11.4 Å². The number of amides is 1. The normalized spacial score (nSPS) is 13.2. The second kappa shape index (κ2) is 10.7. The zero-order valence-electron chi connectivity index (χ0n) is 21.4. The molecule has 0 spiro atoms. The average Bonchev–Trinajstić information content (AvgIpc) is 3.33. The first-order valence-electron chi connectivity index (χ1n) is 12.3. The molecule has 1 aliphatic rings. The summed E-state index contributed by atoms with van der Waals surface area (Å²) in [5.41, 5.74) is 5.32. The minimum Gasteiger partial charge on any atom is -0.490 e. The van der Waals surface area contributed by atoms with Crippen molar-refractivity contribution in [3.63, 3.8) is 0 Å². The van der Waals surface area contributed by atoms with Gasteiger partial charge in [0.1, 0.15) is 0 Å². The number of aryl methyl sites for hydroxylation is 1. The van der Waals surface area contributed by atoms with E-state index < -0.39 is 23.4 Å². The third kappa shape index (κ3) is 5.19. The van der Waals surface area contributed by atoms with Gasteiger partial charge in [-0.2, -0.15) is 0 Å². The van der Waals surface area contributed by atoms with E-state index in [0.717, 1.165) is 28.8 Å². The van der Waals surface area contributed by atoms with Crippen LogP contribution in [0.5, 0.6) is 5.75 Å². The highest BCUT2D eigenvalue weighted by molar-refractivity contribution is 6.08. The van der Waals surface area contributed by atoms with Crippen molar-refractivity contribution in [2.75, 3.05) is 19.0 Å². The van der Waals surface area contributed by atoms with E-state index in [1.54, 1.807) is 6.92 Å². The van der Waals surface area contributed by atoms with Crippen molar-refractivity contribution in [3.8, 4) is 5.75 Å². The van der Waals surface area contributed by atoms with E-state index in [2.05, 4.69) is 11.4 Å². The van der Waals surface area contributed by atoms with Gasteiger partial charge in [-0.25, -0.2) is 9.78 Å². The highest BCUT2D eigenvalue weighted by Gasteiger charge is 2.28. The average molecular weight is 524 g/mol. The second-order valence-electron chi connectivity index (χ2n) is 9.13. The summed E-state index contributed by atoms with van der Waals surface area (Å²) in [6.45, 7) is 1.09. The summed E-state index contributed by atoms with van der Waals surface area (Å²) in [6.07, 6.45) is 3.44. The van der Waals surface area contributed by atoms with E-state index in [0.29, 0.717) is 34.1 Å². The van der Waals surface area contributed by atoms with Crippen LogP contribution in [0.15, 0.2) is 66.7 Å². The number of carbonyl (C=O) groups excluding carboxylic acids is 2. The summed E-state index contributed by atoms with van der Waals surface area (Å²) >= 11 is 0. The van der Waals surface area contributed by atoms with Crippen LogP contribution in [0, 0.1) is 17.0 Å². The molecule has 0 saturated carbocycles. The number of nitrogens with zero attached hydrogens (tertiary/aromatic N) is 2. The van der Waals surface area contributed by atoms with Crippen LogP contribution in [-0.4, -0.2) is 35.5 Å². The molecule has 1 heterocycles.